The first-order valence-electron chi connectivity index (χ1n) is 9.68. The number of nitrogens with zero attached hydrogens (tertiary/aromatic N) is 4. The van der Waals surface area contributed by atoms with Crippen molar-refractivity contribution in [2.24, 2.45) is 0 Å². The minimum Gasteiger partial charge on any atom is -0.423 e. The average Bonchev–Trinajstić information content (AvgIpc) is 2.78. The fraction of sp³-hybridized carbons (Fsp3) is 0.130. The SMILES string of the molecule is CCCNc1nc(Nc2ccc(C#N)cc2)nc(Oc2cccc3ccccc23)n1. The molecule has 3 aromatic carbocycles. The van der Waals surface area contributed by atoms with Gasteiger partial charge in [0.1, 0.15) is 5.75 Å². The summed E-state index contributed by atoms with van der Waals surface area (Å²) in [5.41, 5.74) is 1.35. The second kappa shape index (κ2) is 8.88. The molecule has 0 spiro atoms. The van der Waals surface area contributed by atoms with Crippen molar-refractivity contribution in [3.8, 4) is 17.8 Å². The summed E-state index contributed by atoms with van der Waals surface area (Å²) < 4.78 is 6.04. The number of hydrogen-bond donors (Lipinski definition) is 2. The Morgan fingerprint density at radius 3 is 2.47 bits per heavy atom. The van der Waals surface area contributed by atoms with Crippen LogP contribution in [-0.2, 0) is 0 Å². The summed E-state index contributed by atoms with van der Waals surface area (Å²) in [5, 5.41) is 17.3. The van der Waals surface area contributed by atoms with Gasteiger partial charge in [0.2, 0.25) is 11.9 Å². The third-order valence-corrected chi connectivity index (χ3v) is 4.37. The second-order valence-corrected chi connectivity index (χ2v) is 6.59. The molecule has 1 heterocycles. The van der Waals surface area contributed by atoms with Gasteiger partial charge in [-0.1, -0.05) is 43.3 Å². The third-order valence-electron chi connectivity index (χ3n) is 4.37. The maximum Gasteiger partial charge on any atom is 0.328 e. The molecule has 0 saturated carbocycles. The standard InChI is InChI=1S/C23H20N6O/c1-2-14-25-21-27-22(26-18-12-10-16(15-24)11-13-18)29-23(28-21)30-20-9-5-7-17-6-3-4-8-19(17)20/h3-13H,2,14H2,1H3,(H2,25,26,27,28,29). The minimum absolute atomic E-state index is 0.191. The van der Waals surface area contributed by atoms with Gasteiger partial charge in [-0.25, -0.2) is 0 Å². The molecule has 0 atom stereocenters. The molecule has 7 heteroatoms. The molecule has 0 amide bonds. The van der Waals surface area contributed by atoms with E-state index in [1.54, 1.807) is 24.3 Å². The van der Waals surface area contributed by atoms with Gasteiger partial charge >= 0.3 is 6.01 Å². The topological polar surface area (TPSA) is 95.8 Å². The van der Waals surface area contributed by atoms with Crippen LogP contribution in [0.15, 0.2) is 66.7 Å². The summed E-state index contributed by atoms with van der Waals surface area (Å²) >= 11 is 0. The van der Waals surface area contributed by atoms with Gasteiger partial charge in [0.05, 0.1) is 11.6 Å². The van der Waals surface area contributed by atoms with E-state index in [2.05, 4.69) is 38.6 Å². The van der Waals surface area contributed by atoms with Crippen LogP contribution in [0.2, 0.25) is 0 Å². The fourth-order valence-electron chi connectivity index (χ4n) is 2.91. The monoisotopic (exact) mass is 396 g/mol. The molecule has 4 aromatic rings. The Bertz CT molecular complexity index is 1200. The molecular weight excluding hydrogens is 376 g/mol. The lowest BCUT2D eigenvalue weighted by molar-refractivity contribution is 0.446. The lowest BCUT2D eigenvalue weighted by Crippen LogP contribution is -2.09. The molecule has 4 rings (SSSR count). The van der Waals surface area contributed by atoms with Crippen LogP contribution in [0.25, 0.3) is 10.8 Å². The first-order valence-corrected chi connectivity index (χ1v) is 9.68. The van der Waals surface area contributed by atoms with Crippen molar-refractivity contribution in [2.45, 2.75) is 13.3 Å². The summed E-state index contributed by atoms with van der Waals surface area (Å²) in [7, 11) is 0. The number of fused-ring (bicyclic) bond motifs is 1. The second-order valence-electron chi connectivity index (χ2n) is 6.59. The summed E-state index contributed by atoms with van der Waals surface area (Å²) in [5.74, 6) is 1.45. The number of anilines is 3. The Labute approximate surface area is 174 Å². The average molecular weight is 396 g/mol. The van der Waals surface area contributed by atoms with Gasteiger partial charge in [0, 0.05) is 17.6 Å². The van der Waals surface area contributed by atoms with Crippen molar-refractivity contribution in [2.75, 3.05) is 17.2 Å². The van der Waals surface area contributed by atoms with E-state index < -0.39 is 0 Å². The molecule has 0 radical (unpaired) electrons. The van der Waals surface area contributed by atoms with Crippen LogP contribution in [0, 0.1) is 11.3 Å². The molecule has 1 aromatic heterocycles. The third kappa shape index (κ3) is 4.45. The first kappa shape index (κ1) is 19.2. The number of aromatic nitrogens is 3. The lowest BCUT2D eigenvalue weighted by atomic mass is 10.1. The highest BCUT2D eigenvalue weighted by Gasteiger charge is 2.11. The fourth-order valence-corrected chi connectivity index (χ4v) is 2.91. The van der Waals surface area contributed by atoms with Crippen LogP contribution in [0.5, 0.6) is 11.8 Å². The van der Waals surface area contributed by atoms with Gasteiger partial charge in [-0.3, -0.25) is 0 Å². The molecule has 0 fully saturated rings. The molecule has 0 aliphatic heterocycles. The molecule has 0 bridgehead atoms. The van der Waals surface area contributed by atoms with Crippen LogP contribution in [0.4, 0.5) is 17.6 Å². The van der Waals surface area contributed by atoms with Crippen molar-refractivity contribution in [1.82, 2.24) is 15.0 Å². The van der Waals surface area contributed by atoms with Gasteiger partial charge < -0.3 is 15.4 Å². The van der Waals surface area contributed by atoms with E-state index in [0.29, 0.717) is 23.2 Å². The van der Waals surface area contributed by atoms with Gasteiger partial charge in [0.25, 0.3) is 0 Å². The number of rotatable bonds is 7. The number of ether oxygens (including phenoxy) is 1. The summed E-state index contributed by atoms with van der Waals surface area (Å²) in [6, 6.07) is 23.2. The molecule has 148 valence electrons. The Hall–Kier alpha value is -4.18. The van der Waals surface area contributed by atoms with Gasteiger partial charge in [-0.2, -0.15) is 20.2 Å². The zero-order chi connectivity index (χ0) is 20.8. The van der Waals surface area contributed by atoms with Crippen LogP contribution in [0.3, 0.4) is 0 Å². The molecule has 0 aliphatic carbocycles. The summed E-state index contributed by atoms with van der Waals surface area (Å²) in [6.07, 6.45) is 0.934. The predicted octanol–water partition coefficient (Wildman–Crippen LogP) is 5.25. The normalized spacial score (nSPS) is 10.4. The van der Waals surface area contributed by atoms with Crippen LogP contribution < -0.4 is 15.4 Å². The van der Waals surface area contributed by atoms with Crippen LogP contribution in [-0.4, -0.2) is 21.5 Å². The molecule has 7 nitrogen and oxygen atoms in total. The quantitative estimate of drug-likeness (QED) is 0.440. The highest BCUT2D eigenvalue weighted by atomic mass is 16.5. The highest BCUT2D eigenvalue weighted by molar-refractivity contribution is 5.88. The zero-order valence-electron chi connectivity index (χ0n) is 16.5. The van der Waals surface area contributed by atoms with E-state index in [1.807, 2.05) is 42.5 Å². The predicted molar refractivity (Wildman–Crippen MR) is 117 cm³/mol. The number of nitrogens with one attached hydrogen (secondary N) is 2. The maximum absolute atomic E-state index is 8.96. The van der Waals surface area contributed by atoms with Crippen molar-refractivity contribution in [3.63, 3.8) is 0 Å². The minimum atomic E-state index is 0.191. The Kier molecular flexibility index (Phi) is 5.67. The van der Waals surface area contributed by atoms with E-state index in [0.717, 1.165) is 29.4 Å². The maximum atomic E-state index is 8.96. The van der Waals surface area contributed by atoms with E-state index in [9.17, 15) is 0 Å². The molecule has 30 heavy (non-hydrogen) atoms. The van der Waals surface area contributed by atoms with E-state index in [4.69, 9.17) is 10.00 Å². The van der Waals surface area contributed by atoms with E-state index in [-0.39, 0.29) is 6.01 Å². The molecule has 0 unspecified atom stereocenters. The van der Waals surface area contributed by atoms with Crippen LogP contribution in [0.1, 0.15) is 18.9 Å². The highest BCUT2D eigenvalue weighted by Crippen LogP contribution is 2.29. The van der Waals surface area contributed by atoms with Gasteiger partial charge in [-0.15, -0.1) is 0 Å². The van der Waals surface area contributed by atoms with E-state index >= 15 is 0 Å². The van der Waals surface area contributed by atoms with Gasteiger partial charge in [-0.05, 0) is 42.1 Å². The molecular formula is C23H20N6O. The lowest BCUT2D eigenvalue weighted by Gasteiger charge is -2.11. The van der Waals surface area contributed by atoms with E-state index in [1.165, 1.54) is 0 Å². The number of benzene rings is 3. The van der Waals surface area contributed by atoms with Crippen molar-refractivity contribution in [3.05, 3.63) is 72.3 Å². The smallest absolute Gasteiger partial charge is 0.328 e. The summed E-state index contributed by atoms with van der Waals surface area (Å²) in [4.78, 5) is 13.2. The Balaban J connectivity index is 1.66. The largest absolute Gasteiger partial charge is 0.423 e. The van der Waals surface area contributed by atoms with Crippen molar-refractivity contribution >= 4 is 28.4 Å². The molecule has 0 saturated heterocycles. The molecule has 2 N–H and O–H groups in total. The Morgan fingerprint density at radius 2 is 1.67 bits per heavy atom. The van der Waals surface area contributed by atoms with Crippen molar-refractivity contribution < 1.29 is 4.74 Å². The number of nitriles is 1. The Morgan fingerprint density at radius 1 is 0.900 bits per heavy atom. The zero-order valence-corrected chi connectivity index (χ0v) is 16.5. The van der Waals surface area contributed by atoms with Crippen molar-refractivity contribution in [1.29, 1.82) is 5.26 Å². The first-order chi connectivity index (χ1) is 14.7. The van der Waals surface area contributed by atoms with Crippen LogP contribution >= 0.6 is 0 Å². The molecule has 0 aliphatic rings. The summed E-state index contributed by atoms with van der Waals surface area (Å²) in [6.45, 7) is 2.80. The van der Waals surface area contributed by atoms with Gasteiger partial charge in [0.15, 0.2) is 0 Å². The number of hydrogen-bond acceptors (Lipinski definition) is 7.